The highest BCUT2D eigenvalue weighted by atomic mass is 32.2. The minimum Gasteiger partial charge on any atom is -0.462 e. The van der Waals surface area contributed by atoms with Crippen molar-refractivity contribution >= 4 is 17.7 Å². The van der Waals surface area contributed by atoms with Gasteiger partial charge in [-0.2, -0.15) is 0 Å². The molecule has 0 amide bonds. The number of rotatable bonds is 7. The molecule has 0 N–H and O–H groups in total. The normalized spacial score (nSPS) is 20.4. The molecule has 0 saturated carbocycles. The van der Waals surface area contributed by atoms with Crippen LogP contribution in [0.3, 0.4) is 0 Å². The number of hydrogen-bond acceptors (Lipinski definition) is 5. The topological polar surface area (TPSA) is 38.8 Å². The van der Waals surface area contributed by atoms with Crippen LogP contribution in [0.1, 0.15) is 20.8 Å². The van der Waals surface area contributed by atoms with E-state index in [1.54, 1.807) is 0 Å². The largest absolute Gasteiger partial charge is 0.462 e. The van der Waals surface area contributed by atoms with Crippen molar-refractivity contribution in [1.29, 1.82) is 0 Å². The van der Waals surface area contributed by atoms with Gasteiger partial charge in [-0.1, -0.05) is 32.0 Å². The highest BCUT2D eigenvalue weighted by Crippen LogP contribution is 2.23. The second kappa shape index (κ2) is 9.30. The van der Waals surface area contributed by atoms with E-state index in [0.29, 0.717) is 19.1 Å². The molecule has 1 aliphatic rings. The second-order valence-electron chi connectivity index (χ2n) is 6.35. The zero-order valence-electron chi connectivity index (χ0n) is 14.2. The van der Waals surface area contributed by atoms with E-state index in [1.807, 2.05) is 37.3 Å². The molecule has 2 atom stereocenters. The molecule has 0 spiro atoms. The van der Waals surface area contributed by atoms with Gasteiger partial charge >= 0.3 is 5.97 Å². The molecule has 1 fully saturated rings. The summed E-state index contributed by atoms with van der Waals surface area (Å²) in [5, 5.41) is -0.215. The Morgan fingerprint density at radius 3 is 2.78 bits per heavy atom. The van der Waals surface area contributed by atoms with Gasteiger partial charge in [0.2, 0.25) is 0 Å². The van der Waals surface area contributed by atoms with Gasteiger partial charge in [-0.25, -0.2) is 0 Å². The Hall–Kier alpha value is -1.04. The van der Waals surface area contributed by atoms with Crippen LogP contribution in [0, 0.1) is 5.92 Å². The molecule has 1 aromatic rings. The van der Waals surface area contributed by atoms with Crippen molar-refractivity contribution in [3.8, 4) is 0 Å². The van der Waals surface area contributed by atoms with Crippen molar-refractivity contribution in [3.05, 3.63) is 30.3 Å². The Morgan fingerprint density at radius 2 is 2.09 bits per heavy atom. The Morgan fingerprint density at radius 1 is 1.35 bits per heavy atom. The number of benzene rings is 1. The zero-order chi connectivity index (χ0) is 16.7. The second-order valence-corrected chi connectivity index (χ2v) is 7.76. The van der Waals surface area contributed by atoms with Gasteiger partial charge in [0.15, 0.2) is 0 Å². The molecule has 0 aliphatic carbocycles. The van der Waals surface area contributed by atoms with E-state index in [0.717, 1.165) is 24.5 Å². The first-order valence-corrected chi connectivity index (χ1v) is 9.15. The summed E-state index contributed by atoms with van der Waals surface area (Å²) in [6.07, 6.45) is -0.0135. The summed E-state index contributed by atoms with van der Waals surface area (Å²) in [4.78, 5) is 15.6. The number of carbonyl (C=O) groups excluding carboxylic acids is 1. The first-order chi connectivity index (χ1) is 11.0. The molecule has 1 aliphatic heterocycles. The molecular formula is C18H27NO3S. The molecule has 23 heavy (non-hydrogen) atoms. The van der Waals surface area contributed by atoms with Crippen LogP contribution in [0.15, 0.2) is 35.2 Å². The van der Waals surface area contributed by atoms with Crippen LogP contribution in [0.25, 0.3) is 0 Å². The van der Waals surface area contributed by atoms with E-state index in [1.165, 1.54) is 11.8 Å². The lowest BCUT2D eigenvalue weighted by Gasteiger charge is -2.33. The minimum absolute atomic E-state index is 0.0135. The first kappa shape index (κ1) is 18.3. The van der Waals surface area contributed by atoms with Gasteiger partial charge in [-0.05, 0) is 25.0 Å². The first-order valence-electron chi connectivity index (χ1n) is 8.27. The fraction of sp³-hybridized carbons (Fsp3) is 0.611. The van der Waals surface area contributed by atoms with E-state index < -0.39 is 0 Å². The average Bonchev–Trinajstić information content (AvgIpc) is 2.53. The third-order valence-corrected chi connectivity index (χ3v) is 4.74. The minimum atomic E-state index is -0.215. The molecule has 5 heteroatoms. The van der Waals surface area contributed by atoms with E-state index in [2.05, 4.69) is 18.7 Å². The van der Waals surface area contributed by atoms with Crippen LogP contribution < -0.4 is 0 Å². The third-order valence-electron chi connectivity index (χ3n) is 3.65. The van der Waals surface area contributed by atoms with Crippen molar-refractivity contribution in [1.82, 2.24) is 4.90 Å². The third kappa shape index (κ3) is 6.53. The van der Waals surface area contributed by atoms with Crippen molar-refractivity contribution in [2.24, 2.45) is 5.92 Å². The Balaban J connectivity index is 1.73. The maximum absolute atomic E-state index is 12.1. The lowest BCUT2D eigenvalue weighted by Crippen LogP contribution is -2.46. The number of morpholine rings is 1. The molecular weight excluding hydrogens is 310 g/mol. The van der Waals surface area contributed by atoms with Crippen LogP contribution in [0.4, 0.5) is 0 Å². The van der Waals surface area contributed by atoms with E-state index >= 15 is 0 Å². The highest BCUT2D eigenvalue weighted by Gasteiger charge is 2.23. The zero-order valence-corrected chi connectivity index (χ0v) is 15.1. The molecule has 2 unspecified atom stereocenters. The highest BCUT2D eigenvalue weighted by molar-refractivity contribution is 8.00. The molecule has 4 nitrogen and oxygen atoms in total. The monoisotopic (exact) mass is 337 g/mol. The molecule has 128 valence electrons. The average molecular weight is 337 g/mol. The van der Waals surface area contributed by atoms with Crippen LogP contribution >= 0.6 is 11.8 Å². The summed E-state index contributed by atoms with van der Waals surface area (Å²) < 4.78 is 11.2. The van der Waals surface area contributed by atoms with Crippen molar-refractivity contribution in [3.63, 3.8) is 0 Å². The maximum atomic E-state index is 12.1. The quantitative estimate of drug-likeness (QED) is 0.565. The van der Waals surface area contributed by atoms with Crippen LogP contribution in [-0.4, -0.2) is 55.1 Å². The summed E-state index contributed by atoms with van der Waals surface area (Å²) in [5.74, 6) is 0.460. The summed E-state index contributed by atoms with van der Waals surface area (Å²) in [6, 6.07) is 9.92. The lowest BCUT2D eigenvalue weighted by atomic mass is 10.2. The molecule has 0 aromatic heterocycles. The van der Waals surface area contributed by atoms with Gasteiger partial charge in [-0.15, -0.1) is 11.8 Å². The van der Waals surface area contributed by atoms with Crippen LogP contribution in [0.2, 0.25) is 0 Å². The number of carbonyl (C=O) groups is 1. The summed E-state index contributed by atoms with van der Waals surface area (Å²) in [5.41, 5.74) is 0. The van der Waals surface area contributed by atoms with Crippen molar-refractivity contribution in [2.45, 2.75) is 37.0 Å². The smallest absolute Gasteiger partial charge is 0.319 e. The molecule has 0 radical (unpaired) electrons. The molecule has 0 bridgehead atoms. The predicted molar refractivity (Wildman–Crippen MR) is 93.7 cm³/mol. The maximum Gasteiger partial charge on any atom is 0.319 e. The van der Waals surface area contributed by atoms with Gasteiger partial charge in [0, 0.05) is 24.5 Å². The van der Waals surface area contributed by atoms with Crippen molar-refractivity contribution in [2.75, 3.05) is 32.8 Å². The summed E-state index contributed by atoms with van der Waals surface area (Å²) in [7, 11) is 0. The standard InChI is InChI=1S/C18H27NO3S/c1-14(2)11-19-9-10-21-16(12-19)13-22-18(20)15(3)23-17-7-5-4-6-8-17/h4-8,14-16H,9-13H2,1-3H3. The number of thioether (sulfide) groups is 1. The van der Waals surface area contributed by atoms with Crippen molar-refractivity contribution < 1.29 is 14.3 Å². The van der Waals surface area contributed by atoms with Gasteiger partial charge in [0.25, 0.3) is 0 Å². The number of ether oxygens (including phenoxy) is 2. The summed E-state index contributed by atoms with van der Waals surface area (Å²) >= 11 is 1.52. The number of hydrogen-bond donors (Lipinski definition) is 0. The Bertz CT molecular complexity index is 480. The summed E-state index contributed by atoms with van der Waals surface area (Å²) in [6.45, 7) is 10.2. The van der Waals surface area contributed by atoms with E-state index in [9.17, 15) is 4.79 Å². The molecule has 1 heterocycles. The Kier molecular flexibility index (Phi) is 7.40. The number of esters is 1. The fourth-order valence-electron chi connectivity index (χ4n) is 2.61. The molecule has 1 saturated heterocycles. The molecule has 1 aromatic carbocycles. The number of nitrogens with zero attached hydrogens (tertiary/aromatic N) is 1. The molecule has 2 rings (SSSR count). The predicted octanol–water partition coefficient (Wildman–Crippen LogP) is 3.07. The van der Waals surface area contributed by atoms with E-state index in [-0.39, 0.29) is 17.3 Å². The van der Waals surface area contributed by atoms with E-state index in [4.69, 9.17) is 9.47 Å². The SMILES string of the molecule is CC(C)CN1CCOC(COC(=O)C(C)Sc2ccccc2)C1. The van der Waals surface area contributed by atoms with Gasteiger partial charge < -0.3 is 9.47 Å². The fourth-order valence-corrected chi connectivity index (χ4v) is 3.49. The van der Waals surface area contributed by atoms with Crippen LogP contribution in [0.5, 0.6) is 0 Å². The van der Waals surface area contributed by atoms with Gasteiger partial charge in [0.1, 0.15) is 18.0 Å². The van der Waals surface area contributed by atoms with Crippen LogP contribution in [-0.2, 0) is 14.3 Å². The van der Waals surface area contributed by atoms with Gasteiger partial charge in [-0.3, -0.25) is 9.69 Å². The van der Waals surface area contributed by atoms with Gasteiger partial charge in [0.05, 0.1) is 6.61 Å². The Labute approximate surface area is 143 Å². The lowest BCUT2D eigenvalue weighted by molar-refractivity contribution is -0.149.